The molecule has 0 saturated carbocycles. The zero-order chi connectivity index (χ0) is 28.9. The molecule has 40 heavy (non-hydrogen) atoms. The fourth-order valence-electron chi connectivity index (χ4n) is 3.27. The topological polar surface area (TPSA) is 208 Å². The number of rotatable bonds is 11. The third-order valence-electron chi connectivity index (χ3n) is 5.28. The molecule has 0 fully saturated rings. The Morgan fingerprint density at radius 1 is 0.825 bits per heavy atom. The molecule has 0 saturated heterocycles. The van der Waals surface area contributed by atoms with Crippen molar-refractivity contribution in [2.75, 3.05) is 29.3 Å². The van der Waals surface area contributed by atoms with Crippen LogP contribution in [0.25, 0.3) is 5.95 Å². The minimum Gasteiger partial charge on any atom is -0.478 e. The largest absolute Gasteiger partial charge is 0.478 e. The minimum absolute atomic E-state index is 0.108. The van der Waals surface area contributed by atoms with E-state index in [1.165, 1.54) is 29.2 Å². The van der Waals surface area contributed by atoms with Gasteiger partial charge in [-0.3, -0.25) is 4.55 Å². The first kappa shape index (κ1) is 27.8. The average molecular weight is 569 g/mol. The average Bonchev–Trinajstić information content (AvgIpc) is 2.92. The lowest BCUT2D eigenvalue weighted by Crippen LogP contribution is -2.34. The van der Waals surface area contributed by atoms with E-state index in [0.717, 1.165) is 0 Å². The van der Waals surface area contributed by atoms with Crippen molar-refractivity contribution in [3.8, 4) is 5.95 Å². The Hall–Kier alpha value is -5.19. The summed E-state index contributed by atoms with van der Waals surface area (Å²) in [6.07, 6.45) is 3.21. The summed E-state index contributed by atoms with van der Waals surface area (Å²) in [5, 5.41) is 24.3. The van der Waals surface area contributed by atoms with Crippen LogP contribution in [-0.2, 0) is 14.6 Å². The molecule has 0 aliphatic carbocycles. The van der Waals surface area contributed by atoms with Gasteiger partial charge in [-0.25, -0.2) is 18.3 Å². The van der Waals surface area contributed by atoms with Crippen molar-refractivity contribution in [2.24, 2.45) is 0 Å². The van der Waals surface area contributed by atoms with Crippen molar-refractivity contribution in [1.82, 2.24) is 15.0 Å². The van der Waals surface area contributed by atoms with E-state index in [9.17, 15) is 18.0 Å². The third-order valence-corrected chi connectivity index (χ3v) is 5.68. The van der Waals surface area contributed by atoms with Gasteiger partial charge in [-0.2, -0.15) is 8.42 Å². The smallest absolute Gasteiger partial charge is 0.444 e. The Morgan fingerprint density at radius 3 is 1.68 bits per heavy atom. The number of benzene rings is 2. The summed E-state index contributed by atoms with van der Waals surface area (Å²) in [6, 6.07) is 15.2. The Labute approximate surface area is 227 Å². The van der Waals surface area contributed by atoms with Gasteiger partial charge in [0.15, 0.2) is 0 Å². The van der Waals surface area contributed by atoms with E-state index in [1.54, 1.807) is 60.4 Å². The molecular weight excluding hydrogens is 546 g/mol. The van der Waals surface area contributed by atoms with Crippen molar-refractivity contribution in [3.05, 3.63) is 84.2 Å². The summed E-state index contributed by atoms with van der Waals surface area (Å²) in [6.45, 7) is -0.419. The van der Waals surface area contributed by atoms with E-state index in [0.29, 0.717) is 17.1 Å². The van der Waals surface area contributed by atoms with Gasteiger partial charge in [-0.05, 0) is 70.6 Å². The van der Waals surface area contributed by atoms with E-state index in [2.05, 4.69) is 29.8 Å². The number of pyridine rings is 1. The molecule has 0 bridgehead atoms. The quantitative estimate of drug-likeness (QED) is 0.0999. The molecule has 0 atom stereocenters. The molecule has 2 aromatic heterocycles. The van der Waals surface area contributed by atoms with Crippen LogP contribution in [0.3, 0.4) is 0 Å². The standard InChI is InChI=1S/C24H21N7O8S/c1-30(14-39-40(36,37)38)19-10-12-31(13-11-19)24-28-22(25-17-6-2-15(3-7-17)20(32)33)27-23(29-24)26-18-8-4-16(5-9-18)21(34)35/h2-13H,14H2,1H3,(H4-,25,26,27,28,29,32,33,34,35,36,37,38)/p+1. The lowest BCUT2D eigenvalue weighted by molar-refractivity contribution is -0.603. The van der Waals surface area contributed by atoms with Gasteiger partial charge in [-0.15, -0.1) is 4.98 Å². The van der Waals surface area contributed by atoms with Crippen LogP contribution in [0.4, 0.5) is 29.0 Å². The van der Waals surface area contributed by atoms with Crippen molar-refractivity contribution in [1.29, 1.82) is 0 Å². The van der Waals surface area contributed by atoms with Crippen molar-refractivity contribution in [2.45, 2.75) is 0 Å². The van der Waals surface area contributed by atoms with E-state index >= 15 is 0 Å². The van der Waals surface area contributed by atoms with Gasteiger partial charge in [0.05, 0.1) is 23.5 Å². The highest BCUT2D eigenvalue weighted by Crippen LogP contribution is 2.19. The number of hydrogen-bond acceptors (Lipinski definition) is 11. The number of carboxylic acid groups (broad SMARTS) is 2. The molecule has 5 N–H and O–H groups in total. The molecular formula is C24H22N7O8S+. The number of anilines is 5. The summed E-state index contributed by atoms with van der Waals surface area (Å²) >= 11 is 0. The Kier molecular flexibility index (Phi) is 8.13. The third kappa shape index (κ3) is 7.44. The number of carboxylic acids is 2. The highest BCUT2D eigenvalue weighted by atomic mass is 32.3. The molecule has 0 radical (unpaired) electrons. The molecule has 206 valence electrons. The molecule has 4 aromatic rings. The SMILES string of the molecule is CN(COS(=O)(=O)O)c1cc[n+](-c2nc(Nc3ccc(C(=O)O)cc3)nc(Nc3ccc(C(=O)O)cc3)n2)cc1. The van der Waals surface area contributed by atoms with Crippen LogP contribution in [-0.4, -0.2) is 63.9 Å². The van der Waals surface area contributed by atoms with E-state index in [4.69, 9.17) is 14.8 Å². The van der Waals surface area contributed by atoms with Crippen LogP contribution in [0.5, 0.6) is 0 Å². The summed E-state index contributed by atoms with van der Waals surface area (Å²) in [7, 11) is -3.04. The van der Waals surface area contributed by atoms with Gasteiger partial charge in [0.25, 0.3) is 0 Å². The first-order valence-electron chi connectivity index (χ1n) is 11.3. The highest BCUT2D eigenvalue weighted by Gasteiger charge is 2.19. The van der Waals surface area contributed by atoms with Gasteiger partial charge in [0.1, 0.15) is 6.73 Å². The monoisotopic (exact) mass is 568 g/mol. The maximum absolute atomic E-state index is 11.2. The van der Waals surface area contributed by atoms with Crippen LogP contribution >= 0.6 is 0 Å². The van der Waals surface area contributed by atoms with Gasteiger partial charge in [0, 0.05) is 24.1 Å². The van der Waals surface area contributed by atoms with Crippen molar-refractivity contribution < 1.29 is 41.5 Å². The van der Waals surface area contributed by atoms with Gasteiger partial charge in [0.2, 0.25) is 0 Å². The molecule has 15 nitrogen and oxygen atoms in total. The lowest BCUT2D eigenvalue weighted by atomic mass is 10.2. The fourth-order valence-corrected chi connectivity index (χ4v) is 3.56. The van der Waals surface area contributed by atoms with Crippen molar-refractivity contribution >= 4 is 51.3 Å². The molecule has 0 aliphatic rings. The Morgan fingerprint density at radius 2 is 1.27 bits per heavy atom. The Balaban J connectivity index is 1.63. The van der Waals surface area contributed by atoms with Gasteiger partial charge in [-0.1, -0.05) is 0 Å². The second kappa shape index (κ2) is 11.7. The molecule has 0 amide bonds. The molecule has 4 rings (SSSR count). The van der Waals surface area contributed by atoms with Crippen LogP contribution in [0, 0.1) is 0 Å². The highest BCUT2D eigenvalue weighted by molar-refractivity contribution is 7.80. The molecule has 2 aromatic carbocycles. The van der Waals surface area contributed by atoms with Gasteiger partial charge >= 0.3 is 40.2 Å². The zero-order valence-corrected chi connectivity index (χ0v) is 21.5. The predicted octanol–water partition coefficient (Wildman–Crippen LogP) is 2.24. The maximum atomic E-state index is 11.2. The summed E-state index contributed by atoms with van der Waals surface area (Å²) < 4.78 is 36.4. The molecule has 0 unspecified atom stereocenters. The number of aromatic nitrogens is 4. The normalized spacial score (nSPS) is 11.1. The fraction of sp³-hybridized carbons (Fsp3) is 0.0833. The number of nitrogens with zero attached hydrogens (tertiary/aromatic N) is 5. The van der Waals surface area contributed by atoms with E-state index in [-0.39, 0.29) is 29.0 Å². The summed E-state index contributed by atoms with van der Waals surface area (Å²) in [4.78, 5) is 36.9. The number of carbonyl (C=O) groups is 2. The summed E-state index contributed by atoms with van der Waals surface area (Å²) in [5.74, 6) is -1.72. The first-order chi connectivity index (χ1) is 19.0. The van der Waals surface area contributed by atoms with Gasteiger partial charge < -0.3 is 25.7 Å². The first-order valence-corrected chi connectivity index (χ1v) is 12.6. The second-order valence-corrected chi connectivity index (χ2v) is 9.23. The molecule has 2 heterocycles. The maximum Gasteiger partial charge on any atom is 0.444 e. The Bertz CT molecular complexity index is 1550. The lowest BCUT2D eigenvalue weighted by Gasteiger charge is -2.17. The predicted molar refractivity (Wildman–Crippen MR) is 141 cm³/mol. The van der Waals surface area contributed by atoms with Crippen LogP contribution < -0.4 is 20.1 Å². The minimum atomic E-state index is -4.60. The summed E-state index contributed by atoms with van der Waals surface area (Å²) in [5.41, 5.74) is 1.80. The molecule has 0 aliphatic heterocycles. The molecule has 0 spiro atoms. The molecule has 16 heteroatoms. The zero-order valence-electron chi connectivity index (χ0n) is 20.7. The van der Waals surface area contributed by atoms with Crippen LogP contribution in [0.15, 0.2) is 73.1 Å². The van der Waals surface area contributed by atoms with Crippen LogP contribution in [0.1, 0.15) is 20.7 Å². The van der Waals surface area contributed by atoms with Crippen molar-refractivity contribution in [3.63, 3.8) is 0 Å². The number of aromatic carboxylic acids is 2. The number of nitrogens with one attached hydrogen (secondary N) is 2. The van der Waals surface area contributed by atoms with E-state index in [1.807, 2.05) is 0 Å². The second-order valence-electron chi connectivity index (χ2n) is 8.13. The van der Waals surface area contributed by atoms with E-state index < -0.39 is 29.1 Å². The number of hydrogen-bond donors (Lipinski definition) is 5. The van der Waals surface area contributed by atoms with Crippen LogP contribution in [0.2, 0.25) is 0 Å².